The third kappa shape index (κ3) is 2.73. The van der Waals surface area contributed by atoms with Gasteiger partial charge in [-0.2, -0.15) is 0 Å². The van der Waals surface area contributed by atoms with Gasteiger partial charge in [0, 0.05) is 47.5 Å². The highest BCUT2D eigenvalue weighted by atomic mass is 79.9. The van der Waals surface area contributed by atoms with Crippen molar-refractivity contribution in [3.05, 3.63) is 34.0 Å². The van der Waals surface area contributed by atoms with Crippen molar-refractivity contribution in [1.82, 2.24) is 9.80 Å². The number of furan rings is 1. The van der Waals surface area contributed by atoms with Crippen LogP contribution in [0.3, 0.4) is 0 Å². The zero-order valence-electron chi connectivity index (χ0n) is 13.5. The molecule has 2 aromatic rings. The van der Waals surface area contributed by atoms with E-state index in [1.165, 1.54) is 0 Å². The quantitative estimate of drug-likeness (QED) is 0.790. The van der Waals surface area contributed by atoms with E-state index in [1.54, 1.807) is 4.90 Å². The second-order valence-corrected chi connectivity index (χ2v) is 7.50. The van der Waals surface area contributed by atoms with E-state index in [4.69, 9.17) is 4.42 Å². The Hall–Kier alpha value is -1.82. The van der Waals surface area contributed by atoms with Gasteiger partial charge in [0.2, 0.25) is 5.91 Å². The Morgan fingerprint density at radius 3 is 2.46 bits per heavy atom. The van der Waals surface area contributed by atoms with E-state index in [9.17, 15) is 9.59 Å². The van der Waals surface area contributed by atoms with Gasteiger partial charge in [0.05, 0.1) is 0 Å². The van der Waals surface area contributed by atoms with E-state index in [-0.39, 0.29) is 17.7 Å². The highest BCUT2D eigenvalue weighted by Crippen LogP contribution is 2.32. The monoisotopic (exact) mass is 390 g/mol. The third-order valence-corrected chi connectivity index (χ3v) is 5.39. The molecule has 1 aromatic heterocycles. The lowest BCUT2D eigenvalue weighted by atomic mass is 10.1. The molecule has 1 aliphatic heterocycles. The van der Waals surface area contributed by atoms with Crippen LogP contribution < -0.4 is 0 Å². The maximum Gasteiger partial charge on any atom is 0.290 e. The fourth-order valence-electron chi connectivity index (χ4n) is 3.26. The van der Waals surface area contributed by atoms with Crippen LogP contribution in [0.2, 0.25) is 0 Å². The minimum absolute atomic E-state index is 0.0849. The minimum Gasteiger partial charge on any atom is -0.451 e. The summed E-state index contributed by atoms with van der Waals surface area (Å²) < 4.78 is 6.76. The molecule has 126 valence electrons. The number of aryl methyl sites for hydroxylation is 1. The second-order valence-electron chi connectivity index (χ2n) is 6.59. The molecule has 6 heteroatoms. The van der Waals surface area contributed by atoms with Crippen molar-refractivity contribution in [2.75, 3.05) is 26.2 Å². The molecule has 0 radical (unpaired) electrons. The van der Waals surface area contributed by atoms with Crippen LogP contribution in [0.1, 0.15) is 29.0 Å². The van der Waals surface area contributed by atoms with Gasteiger partial charge in [-0.05, 0) is 38.0 Å². The molecule has 2 fully saturated rings. The van der Waals surface area contributed by atoms with Crippen molar-refractivity contribution in [1.29, 1.82) is 0 Å². The van der Waals surface area contributed by atoms with E-state index in [2.05, 4.69) is 15.9 Å². The van der Waals surface area contributed by atoms with Crippen molar-refractivity contribution < 1.29 is 14.0 Å². The Balaban J connectivity index is 1.50. The lowest BCUT2D eigenvalue weighted by Crippen LogP contribution is -2.51. The molecule has 0 atom stereocenters. The summed E-state index contributed by atoms with van der Waals surface area (Å²) >= 11 is 3.45. The Kier molecular flexibility index (Phi) is 3.87. The molecule has 24 heavy (non-hydrogen) atoms. The molecule has 0 bridgehead atoms. The van der Waals surface area contributed by atoms with Crippen LogP contribution in [0, 0.1) is 12.8 Å². The van der Waals surface area contributed by atoms with E-state index in [0.717, 1.165) is 33.8 Å². The van der Waals surface area contributed by atoms with Gasteiger partial charge in [-0.15, -0.1) is 0 Å². The number of benzene rings is 1. The molecule has 1 saturated heterocycles. The van der Waals surface area contributed by atoms with Gasteiger partial charge in [-0.1, -0.05) is 15.9 Å². The number of fused-ring (bicyclic) bond motifs is 1. The van der Waals surface area contributed by atoms with Crippen molar-refractivity contribution >= 4 is 38.7 Å². The number of carbonyl (C=O) groups is 2. The smallest absolute Gasteiger partial charge is 0.290 e. The predicted octanol–water partition coefficient (Wildman–Crippen LogP) is 3.20. The SMILES string of the molecule is Cc1c(C(=O)N2CCN(C(=O)C3CC3)CC2)oc2ccc(Br)cc12. The zero-order valence-corrected chi connectivity index (χ0v) is 15.1. The summed E-state index contributed by atoms with van der Waals surface area (Å²) in [5.41, 5.74) is 1.59. The normalized spacial score (nSPS) is 18.2. The first-order valence-electron chi connectivity index (χ1n) is 8.31. The first-order valence-corrected chi connectivity index (χ1v) is 9.10. The van der Waals surface area contributed by atoms with E-state index >= 15 is 0 Å². The average Bonchev–Trinajstić information content (AvgIpc) is 3.39. The predicted molar refractivity (Wildman–Crippen MR) is 93.9 cm³/mol. The molecule has 4 rings (SSSR count). The van der Waals surface area contributed by atoms with Crippen LogP contribution in [0.4, 0.5) is 0 Å². The summed E-state index contributed by atoms with van der Waals surface area (Å²) in [5.74, 6) is 0.818. The lowest BCUT2D eigenvalue weighted by molar-refractivity contribution is -0.134. The number of nitrogens with zero attached hydrogens (tertiary/aromatic N) is 2. The van der Waals surface area contributed by atoms with Gasteiger partial charge in [-0.3, -0.25) is 9.59 Å². The molecule has 0 unspecified atom stereocenters. The third-order valence-electron chi connectivity index (χ3n) is 4.90. The number of amides is 2. The Morgan fingerprint density at radius 1 is 1.12 bits per heavy atom. The summed E-state index contributed by atoms with van der Waals surface area (Å²) in [6, 6.07) is 5.74. The van der Waals surface area contributed by atoms with Crippen LogP contribution in [0.15, 0.2) is 27.1 Å². The number of piperazine rings is 1. The maximum absolute atomic E-state index is 12.8. The Bertz CT molecular complexity index is 817. The molecule has 0 N–H and O–H groups in total. The number of carbonyl (C=O) groups excluding carboxylic acids is 2. The van der Waals surface area contributed by atoms with Crippen molar-refractivity contribution in [2.45, 2.75) is 19.8 Å². The molecule has 1 aliphatic carbocycles. The molecular formula is C18H19BrN2O3. The zero-order chi connectivity index (χ0) is 16.8. The highest BCUT2D eigenvalue weighted by Gasteiger charge is 2.35. The van der Waals surface area contributed by atoms with Crippen molar-refractivity contribution in [2.24, 2.45) is 5.92 Å². The molecule has 2 amide bonds. The summed E-state index contributed by atoms with van der Waals surface area (Å²) in [6.45, 7) is 4.28. The van der Waals surface area contributed by atoms with Gasteiger partial charge in [0.25, 0.3) is 5.91 Å². The van der Waals surface area contributed by atoms with Gasteiger partial charge in [0.1, 0.15) is 5.58 Å². The molecule has 0 spiro atoms. The van der Waals surface area contributed by atoms with Crippen LogP contribution in [-0.4, -0.2) is 47.8 Å². The number of halogens is 1. The summed E-state index contributed by atoms with van der Waals surface area (Å²) in [6.07, 6.45) is 2.04. The largest absolute Gasteiger partial charge is 0.451 e. The van der Waals surface area contributed by atoms with Gasteiger partial charge in [-0.25, -0.2) is 0 Å². The average molecular weight is 391 g/mol. The highest BCUT2D eigenvalue weighted by molar-refractivity contribution is 9.10. The standard InChI is InChI=1S/C18H19BrN2O3/c1-11-14-10-13(19)4-5-15(14)24-16(11)18(23)21-8-6-20(7-9-21)17(22)12-2-3-12/h4-5,10,12H,2-3,6-9H2,1H3. The van der Waals surface area contributed by atoms with Crippen molar-refractivity contribution in [3.63, 3.8) is 0 Å². The molecular weight excluding hydrogens is 372 g/mol. The molecule has 2 heterocycles. The van der Waals surface area contributed by atoms with Gasteiger partial charge in [0.15, 0.2) is 5.76 Å². The molecule has 1 saturated carbocycles. The number of hydrogen-bond donors (Lipinski definition) is 0. The molecule has 2 aliphatic rings. The Morgan fingerprint density at radius 2 is 1.79 bits per heavy atom. The van der Waals surface area contributed by atoms with Crippen LogP contribution in [0.25, 0.3) is 11.0 Å². The number of rotatable bonds is 2. The van der Waals surface area contributed by atoms with Crippen LogP contribution in [-0.2, 0) is 4.79 Å². The molecule has 1 aromatic carbocycles. The first-order chi connectivity index (χ1) is 11.5. The van der Waals surface area contributed by atoms with E-state index < -0.39 is 0 Å². The fraction of sp³-hybridized carbons (Fsp3) is 0.444. The maximum atomic E-state index is 12.8. The lowest BCUT2D eigenvalue weighted by Gasteiger charge is -2.34. The molecule has 5 nitrogen and oxygen atoms in total. The summed E-state index contributed by atoms with van der Waals surface area (Å²) in [5, 5.41) is 0.954. The fourth-order valence-corrected chi connectivity index (χ4v) is 3.62. The van der Waals surface area contributed by atoms with Gasteiger partial charge < -0.3 is 14.2 Å². The summed E-state index contributed by atoms with van der Waals surface area (Å²) in [4.78, 5) is 28.6. The van der Waals surface area contributed by atoms with Crippen LogP contribution >= 0.6 is 15.9 Å². The minimum atomic E-state index is -0.0849. The van der Waals surface area contributed by atoms with Crippen molar-refractivity contribution in [3.8, 4) is 0 Å². The number of hydrogen-bond acceptors (Lipinski definition) is 3. The summed E-state index contributed by atoms with van der Waals surface area (Å²) in [7, 11) is 0. The first kappa shape index (κ1) is 15.7. The van der Waals surface area contributed by atoms with E-state index in [0.29, 0.717) is 31.9 Å². The van der Waals surface area contributed by atoms with Crippen LogP contribution in [0.5, 0.6) is 0 Å². The topological polar surface area (TPSA) is 53.8 Å². The second kappa shape index (κ2) is 5.92. The Labute approximate surface area is 148 Å². The van der Waals surface area contributed by atoms with E-state index in [1.807, 2.05) is 30.0 Å². The van der Waals surface area contributed by atoms with Gasteiger partial charge >= 0.3 is 0 Å².